The minimum Gasteiger partial charge on any atom is -0.506 e. The van der Waals surface area contributed by atoms with Crippen molar-refractivity contribution >= 4 is 15.9 Å². The van der Waals surface area contributed by atoms with Crippen LogP contribution in [0.1, 0.15) is 5.56 Å². The standard InChI is InChI=1S/C13H21BrN2O2/c1-16(2)7-9-18-8-6-15-10-11-4-3-5-12(14)13(11)17/h3-5,15,17H,6-10H2,1-2H3. The first-order valence-corrected chi connectivity index (χ1v) is 6.80. The highest BCUT2D eigenvalue weighted by atomic mass is 79.9. The van der Waals surface area contributed by atoms with Gasteiger partial charge in [-0.3, -0.25) is 0 Å². The molecule has 0 bridgehead atoms. The Kier molecular flexibility index (Phi) is 7.27. The monoisotopic (exact) mass is 316 g/mol. The van der Waals surface area contributed by atoms with Crippen molar-refractivity contribution in [3.05, 3.63) is 28.2 Å². The van der Waals surface area contributed by atoms with Gasteiger partial charge in [-0.25, -0.2) is 0 Å². The van der Waals surface area contributed by atoms with Crippen molar-refractivity contribution in [3.63, 3.8) is 0 Å². The zero-order valence-corrected chi connectivity index (χ0v) is 12.5. The fraction of sp³-hybridized carbons (Fsp3) is 0.538. The van der Waals surface area contributed by atoms with Crippen LogP contribution in [0, 0.1) is 0 Å². The van der Waals surface area contributed by atoms with E-state index in [1.807, 2.05) is 32.3 Å². The van der Waals surface area contributed by atoms with Gasteiger partial charge in [-0.1, -0.05) is 12.1 Å². The lowest BCUT2D eigenvalue weighted by atomic mass is 10.2. The minimum atomic E-state index is 0.304. The molecule has 0 fully saturated rings. The molecule has 0 aromatic heterocycles. The van der Waals surface area contributed by atoms with Gasteiger partial charge >= 0.3 is 0 Å². The Labute approximate surface area is 117 Å². The zero-order chi connectivity index (χ0) is 13.4. The highest BCUT2D eigenvalue weighted by Crippen LogP contribution is 2.26. The summed E-state index contributed by atoms with van der Waals surface area (Å²) in [5.74, 6) is 0.304. The number of hydrogen-bond donors (Lipinski definition) is 2. The Morgan fingerprint density at radius 3 is 2.83 bits per heavy atom. The van der Waals surface area contributed by atoms with E-state index in [9.17, 15) is 5.11 Å². The molecule has 5 heteroatoms. The van der Waals surface area contributed by atoms with Crippen molar-refractivity contribution in [2.45, 2.75) is 6.54 Å². The van der Waals surface area contributed by atoms with E-state index in [0.717, 1.165) is 29.7 Å². The number of aromatic hydroxyl groups is 1. The van der Waals surface area contributed by atoms with Crippen molar-refractivity contribution in [1.82, 2.24) is 10.2 Å². The van der Waals surface area contributed by atoms with Crippen molar-refractivity contribution < 1.29 is 9.84 Å². The van der Waals surface area contributed by atoms with Crippen molar-refractivity contribution in [2.75, 3.05) is 40.4 Å². The fourth-order valence-electron chi connectivity index (χ4n) is 1.42. The number of ether oxygens (including phenoxy) is 1. The van der Waals surface area contributed by atoms with E-state index in [1.54, 1.807) is 0 Å². The fourth-order valence-corrected chi connectivity index (χ4v) is 1.83. The van der Waals surface area contributed by atoms with Gasteiger partial charge in [-0.05, 0) is 36.1 Å². The second-order valence-corrected chi connectivity index (χ2v) is 5.19. The summed E-state index contributed by atoms with van der Waals surface area (Å²) in [6.07, 6.45) is 0. The third kappa shape index (κ3) is 5.82. The molecule has 0 saturated carbocycles. The maximum Gasteiger partial charge on any atom is 0.134 e. The van der Waals surface area contributed by atoms with E-state index in [4.69, 9.17) is 4.74 Å². The highest BCUT2D eigenvalue weighted by molar-refractivity contribution is 9.10. The molecule has 0 unspecified atom stereocenters. The van der Waals surface area contributed by atoms with Crippen molar-refractivity contribution in [1.29, 1.82) is 0 Å². The van der Waals surface area contributed by atoms with E-state index < -0.39 is 0 Å². The summed E-state index contributed by atoms with van der Waals surface area (Å²) in [6.45, 7) is 3.79. The number of para-hydroxylation sites is 1. The van der Waals surface area contributed by atoms with Crippen molar-refractivity contribution in [2.24, 2.45) is 0 Å². The zero-order valence-electron chi connectivity index (χ0n) is 10.9. The van der Waals surface area contributed by atoms with Gasteiger partial charge in [-0.15, -0.1) is 0 Å². The van der Waals surface area contributed by atoms with E-state index in [2.05, 4.69) is 26.1 Å². The minimum absolute atomic E-state index is 0.304. The summed E-state index contributed by atoms with van der Waals surface area (Å²) in [6, 6.07) is 5.64. The highest BCUT2D eigenvalue weighted by Gasteiger charge is 2.03. The van der Waals surface area contributed by atoms with Gasteiger partial charge in [0, 0.05) is 25.2 Å². The molecule has 1 aromatic carbocycles. The number of phenols is 1. The van der Waals surface area contributed by atoms with Gasteiger partial charge < -0.3 is 20.1 Å². The second kappa shape index (κ2) is 8.48. The van der Waals surface area contributed by atoms with Gasteiger partial charge in [0.05, 0.1) is 17.7 Å². The molecular formula is C13H21BrN2O2. The summed E-state index contributed by atoms with van der Waals surface area (Å²) in [7, 11) is 4.05. The molecule has 102 valence electrons. The summed E-state index contributed by atoms with van der Waals surface area (Å²) >= 11 is 3.30. The molecule has 0 radical (unpaired) electrons. The van der Waals surface area contributed by atoms with Gasteiger partial charge in [-0.2, -0.15) is 0 Å². The van der Waals surface area contributed by atoms with E-state index in [0.29, 0.717) is 18.9 Å². The predicted molar refractivity (Wildman–Crippen MR) is 76.9 cm³/mol. The molecule has 0 saturated heterocycles. The Morgan fingerprint density at radius 2 is 2.11 bits per heavy atom. The van der Waals surface area contributed by atoms with Gasteiger partial charge in [0.2, 0.25) is 0 Å². The Bertz CT molecular complexity index is 359. The molecule has 0 heterocycles. The topological polar surface area (TPSA) is 44.7 Å². The third-order valence-corrected chi connectivity index (χ3v) is 3.13. The molecule has 1 rings (SSSR count). The van der Waals surface area contributed by atoms with Gasteiger partial charge in [0.25, 0.3) is 0 Å². The molecule has 0 aliphatic rings. The number of rotatable bonds is 8. The Morgan fingerprint density at radius 1 is 1.33 bits per heavy atom. The first-order chi connectivity index (χ1) is 8.61. The summed E-state index contributed by atoms with van der Waals surface area (Å²) in [5, 5.41) is 13.0. The average Bonchev–Trinajstić information content (AvgIpc) is 2.32. The first-order valence-electron chi connectivity index (χ1n) is 6.01. The van der Waals surface area contributed by atoms with Crippen molar-refractivity contribution in [3.8, 4) is 5.75 Å². The third-order valence-electron chi connectivity index (χ3n) is 2.49. The van der Waals surface area contributed by atoms with Crippen LogP contribution in [0.4, 0.5) is 0 Å². The number of hydrogen-bond acceptors (Lipinski definition) is 4. The number of nitrogens with one attached hydrogen (secondary N) is 1. The Hall–Kier alpha value is -0.620. The maximum atomic E-state index is 9.78. The molecular weight excluding hydrogens is 296 g/mol. The molecule has 0 aliphatic carbocycles. The SMILES string of the molecule is CN(C)CCOCCNCc1cccc(Br)c1O. The van der Waals surface area contributed by atoms with Crippen LogP contribution in [0.2, 0.25) is 0 Å². The quantitative estimate of drug-likeness (QED) is 0.718. The van der Waals surface area contributed by atoms with Crippen LogP contribution in [-0.2, 0) is 11.3 Å². The molecule has 2 N–H and O–H groups in total. The maximum absolute atomic E-state index is 9.78. The number of nitrogens with zero attached hydrogens (tertiary/aromatic N) is 1. The summed E-state index contributed by atoms with van der Waals surface area (Å²) in [5.41, 5.74) is 0.887. The van der Waals surface area contributed by atoms with Crippen LogP contribution < -0.4 is 5.32 Å². The average molecular weight is 317 g/mol. The normalized spacial score (nSPS) is 11.1. The van der Waals surface area contributed by atoms with E-state index >= 15 is 0 Å². The lowest BCUT2D eigenvalue weighted by molar-refractivity contribution is 0.119. The molecule has 1 aromatic rings. The lowest BCUT2D eigenvalue weighted by Crippen LogP contribution is -2.23. The van der Waals surface area contributed by atoms with E-state index in [1.165, 1.54) is 0 Å². The number of phenolic OH excluding ortho intramolecular Hbond substituents is 1. The van der Waals surface area contributed by atoms with Crippen LogP contribution >= 0.6 is 15.9 Å². The summed E-state index contributed by atoms with van der Waals surface area (Å²) < 4.78 is 6.19. The smallest absolute Gasteiger partial charge is 0.134 e. The molecule has 0 aliphatic heterocycles. The number of benzene rings is 1. The van der Waals surface area contributed by atoms with Gasteiger partial charge in [0.15, 0.2) is 0 Å². The molecule has 0 atom stereocenters. The van der Waals surface area contributed by atoms with Crippen LogP contribution in [0.25, 0.3) is 0 Å². The van der Waals surface area contributed by atoms with Crippen LogP contribution in [-0.4, -0.2) is 50.4 Å². The first kappa shape index (κ1) is 15.4. The number of likely N-dealkylation sites (N-methyl/N-ethyl adjacent to an activating group) is 1. The van der Waals surface area contributed by atoms with Gasteiger partial charge in [0.1, 0.15) is 5.75 Å². The Balaban J connectivity index is 2.13. The second-order valence-electron chi connectivity index (χ2n) is 4.34. The summed E-state index contributed by atoms with van der Waals surface area (Å²) in [4.78, 5) is 2.09. The van der Waals surface area contributed by atoms with Crippen LogP contribution in [0.15, 0.2) is 22.7 Å². The van der Waals surface area contributed by atoms with E-state index in [-0.39, 0.29) is 0 Å². The molecule has 0 amide bonds. The molecule has 4 nitrogen and oxygen atoms in total. The molecule has 18 heavy (non-hydrogen) atoms. The lowest BCUT2D eigenvalue weighted by Gasteiger charge is -2.11. The largest absolute Gasteiger partial charge is 0.506 e. The van der Waals surface area contributed by atoms with Crippen LogP contribution in [0.5, 0.6) is 5.75 Å². The number of halogens is 1. The molecule has 0 spiro atoms. The van der Waals surface area contributed by atoms with Crippen LogP contribution in [0.3, 0.4) is 0 Å². The predicted octanol–water partition coefficient (Wildman–Crippen LogP) is 1.82.